The molecule has 1 aromatic rings. The van der Waals surface area contributed by atoms with Crippen LogP contribution in [0.25, 0.3) is 0 Å². The van der Waals surface area contributed by atoms with Gasteiger partial charge < -0.3 is 14.5 Å². The first kappa shape index (κ1) is 14.2. The van der Waals surface area contributed by atoms with E-state index in [1.54, 1.807) is 0 Å². The summed E-state index contributed by atoms with van der Waals surface area (Å²) in [6, 6.07) is 4.55. The lowest BCUT2D eigenvalue weighted by atomic mass is 9.80. The summed E-state index contributed by atoms with van der Waals surface area (Å²) in [5.41, 5.74) is 0.179. The van der Waals surface area contributed by atoms with E-state index in [4.69, 9.17) is 9.15 Å². The van der Waals surface area contributed by atoms with Crippen LogP contribution in [0.15, 0.2) is 16.5 Å². The van der Waals surface area contributed by atoms with Crippen molar-refractivity contribution in [3.63, 3.8) is 0 Å². The van der Waals surface area contributed by atoms with Crippen molar-refractivity contribution in [2.45, 2.75) is 64.0 Å². The third-order valence-corrected chi connectivity index (χ3v) is 5.01. The largest absolute Gasteiger partial charge is 0.465 e. The molecule has 1 N–H and O–H groups in total. The standard InChI is InChI=1S/C17H27NO2/c1-3-18-16(15-7-6-13(2)20-15)14-8-11-19-17(12-14)9-4-5-10-17/h6-7,14,16,18H,3-5,8-12H2,1-2H3. The number of furan rings is 1. The van der Waals surface area contributed by atoms with Crippen molar-refractivity contribution in [3.05, 3.63) is 23.7 Å². The van der Waals surface area contributed by atoms with Gasteiger partial charge in [0.1, 0.15) is 11.5 Å². The van der Waals surface area contributed by atoms with Crippen molar-refractivity contribution in [1.29, 1.82) is 0 Å². The highest BCUT2D eigenvalue weighted by Crippen LogP contribution is 2.45. The fourth-order valence-corrected chi connectivity index (χ4v) is 4.06. The van der Waals surface area contributed by atoms with Crippen LogP contribution in [-0.2, 0) is 4.74 Å². The summed E-state index contributed by atoms with van der Waals surface area (Å²) in [6.45, 7) is 6.09. The van der Waals surface area contributed by atoms with Crippen molar-refractivity contribution in [2.75, 3.05) is 13.2 Å². The molecular formula is C17H27NO2. The molecule has 1 aromatic heterocycles. The molecule has 0 bridgehead atoms. The first-order chi connectivity index (χ1) is 9.72. The Hall–Kier alpha value is -0.800. The van der Waals surface area contributed by atoms with Crippen LogP contribution in [0.5, 0.6) is 0 Å². The van der Waals surface area contributed by atoms with Crippen LogP contribution in [0.2, 0.25) is 0 Å². The molecule has 3 rings (SSSR count). The molecule has 2 unspecified atom stereocenters. The quantitative estimate of drug-likeness (QED) is 0.904. The molecule has 1 spiro atoms. The fourth-order valence-electron chi connectivity index (χ4n) is 4.06. The smallest absolute Gasteiger partial charge is 0.121 e. The van der Waals surface area contributed by atoms with Gasteiger partial charge in [0, 0.05) is 6.61 Å². The van der Waals surface area contributed by atoms with Gasteiger partial charge in [-0.15, -0.1) is 0 Å². The van der Waals surface area contributed by atoms with Crippen molar-refractivity contribution >= 4 is 0 Å². The Balaban J connectivity index is 1.76. The maximum Gasteiger partial charge on any atom is 0.121 e. The number of hydrogen-bond donors (Lipinski definition) is 1. The molecule has 2 heterocycles. The predicted octanol–water partition coefficient (Wildman–Crippen LogP) is 3.98. The summed E-state index contributed by atoms with van der Waals surface area (Å²) in [5.74, 6) is 2.74. The van der Waals surface area contributed by atoms with E-state index in [1.807, 2.05) is 6.92 Å². The molecule has 3 nitrogen and oxygen atoms in total. The van der Waals surface area contributed by atoms with Crippen molar-refractivity contribution in [2.24, 2.45) is 5.92 Å². The number of nitrogens with one attached hydrogen (secondary N) is 1. The highest BCUT2D eigenvalue weighted by molar-refractivity contribution is 5.12. The second kappa shape index (κ2) is 5.90. The molecule has 20 heavy (non-hydrogen) atoms. The predicted molar refractivity (Wildman–Crippen MR) is 79.7 cm³/mol. The van der Waals surface area contributed by atoms with Crippen LogP contribution in [0, 0.1) is 12.8 Å². The molecule has 1 aliphatic heterocycles. The van der Waals surface area contributed by atoms with E-state index in [2.05, 4.69) is 24.4 Å². The Bertz CT molecular complexity index is 434. The first-order valence-corrected chi connectivity index (χ1v) is 8.16. The Morgan fingerprint density at radius 3 is 2.80 bits per heavy atom. The maximum atomic E-state index is 6.17. The first-order valence-electron chi connectivity index (χ1n) is 8.16. The van der Waals surface area contributed by atoms with Gasteiger partial charge in [-0.1, -0.05) is 19.8 Å². The summed E-state index contributed by atoms with van der Waals surface area (Å²) >= 11 is 0. The zero-order valence-electron chi connectivity index (χ0n) is 12.8. The van der Waals surface area contributed by atoms with Gasteiger partial charge in [0.25, 0.3) is 0 Å². The van der Waals surface area contributed by atoms with E-state index >= 15 is 0 Å². The van der Waals surface area contributed by atoms with Crippen LogP contribution in [-0.4, -0.2) is 18.8 Å². The van der Waals surface area contributed by atoms with Gasteiger partial charge in [0.05, 0.1) is 11.6 Å². The van der Waals surface area contributed by atoms with E-state index in [0.29, 0.717) is 12.0 Å². The van der Waals surface area contributed by atoms with Gasteiger partial charge in [-0.3, -0.25) is 0 Å². The third kappa shape index (κ3) is 2.79. The summed E-state index contributed by atoms with van der Waals surface area (Å²) in [6.07, 6.45) is 7.49. The molecule has 2 atom stereocenters. The minimum Gasteiger partial charge on any atom is -0.465 e. The van der Waals surface area contributed by atoms with Crippen LogP contribution in [0.1, 0.15) is 63.0 Å². The van der Waals surface area contributed by atoms with Crippen LogP contribution in [0.3, 0.4) is 0 Å². The lowest BCUT2D eigenvalue weighted by Crippen LogP contribution is -2.41. The highest BCUT2D eigenvalue weighted by Gasteiger charge is 2.42. The molecule has 3 heteroatoms. The van der Waals surface area contributed by atoms with Gasteiger partial charge >= 0.3 is 0 Å². The lowest BCUT2D eigenvalue weighted by molar-refractivity contribution is -0.0990. The van der Waals surface area contributed by atoms with E-state index in [0.717, 1.165) is 31.1 Å². The van der Waals surface area contributed by atoms with Gasteiger partial charge in [-0.05, 0) is 57.2 Å². The molecule has 1 saturated carbocycles. The molecule has 0 radical (unpaired) electrons. The summed E-state index contributed by atoms with van der Waals surface area (Å²) in [4.78, 5) is 0. The van der Waals surface area contributed by atoms with E-state index in [9.17, 15) is 0 Å². The monoisotopic (exact) mass is 277 g/mol. The zero-order chi connectivity index (χ0) is 14.0. The maximum absolute atomic E-state index is 6.17. The zero-order valence-corrected chi connectivity index (χ0v) is 12.8. The van der Waals surface area contributed by atoms with Crippen LogP contribution in [0.4, 0.5) is 0 Å². The Labute approximate surface area is 122 Å². The SMILES string of the molecule is CCNC(c1ccc(C)o1)C1CCOC2(CCCC2)C1. The van der Waals surface area contributed by atoms with Crippen molar-refractivity contribution in [1.82, 2.24) is 5.32 Å². The Kier molecular flexibility index (Phi) is 4.18. The second-order valence-corrected chi connectivity index (χ2v) is 6.48. The van der Waals surface area contributed by atoms with Crippen molar-refractivity contribution < 1.29 is 9.15 Å². The van der Waals surface area contributed by atoms with E-state index in [1.165, 1.54) is 32.1 Å². The molecule has 0 aromatic carbocycles. The number of ether oxygens (including phenoxy) is 1. The van der Waals surface area contributed by atoms with Gasteiger partial charge in [0.2, 0.25) is 0 Å². The molecule has 112 valence electrons. The minimum absolute atomic E-state index is 0.179. The molecule has 2 fully saturated rings. The average molecular weight is 277 g/mol. The third-order valence-electron chi connectivity index (χ3n) is 5.01. The molecule has 2 aliphatic rings. The van der Waals surface area contributed by atoms with E-state index in [-0.39, 0.29) is 5.60 Å². The minimum atomic E-state index is 0.179. The number of rotatable bonds is 4. The summed E-state index contributed by atoms with van der Waals surface area (Å²) in [7, 11) is 0. The lowest BCUT2D eigenvalue weighted by Gasteiger charge is -2.41. The van der Waals surface area contributed by atoms with Gasteiger partial charge in [-0.2, -0.15) is 0 Å². The highest BCUT2D eigenvalue weighted by atomic mass is 16.5. The van der Waals surface area contributed by atoms with Gasteiger partial charge in [-0.25, -0.2) is 0 Å². The molecular weight excluding hydrogens is 250 g/mol. The number of aryl methyl sites for hydroxylation is 1. The summed E-state index contributed by atoms with van der Waals surface area (Å²) < 4.78 is 12.1. The normalized spacial score (nSPS) is 27.0. The van der Waals surface area contributed by atoms with Crippen LogP contribution >= 0.6 is 0 Å². The molecule has 1 aliphatic carbocycles. The fraction of sp³-hybridized carbons (Fsp3) is 0.765. The molecule has 0 amide bonds. The topological polar surface area (TPSA) is 34.4 Å². The summed E-state index contributed by atoms with van der Waals surface area (Å²) in [5, 5.41) is 3.64. The Morgan fingerprint density at radius 1 is 1.35 bits per heavy atom. The number of hydrogen-bond acceptors (Lipinski definition) is 3. The van der Waals surface area contributed by atoms with Crippen LogP contribution < -0.4 is 5.32 Å². The van der Waals surface area contributed by atoms with Crippen molar-refractivity contribution in [3.8, 4) is 0 Å². The van der Waals surface area contributed by atoms with Gasteiger partial charge in [0.15, 0.2) is 0 Å². The Morgan fingerprint density at radius 2 is 2.15 bits per heavy atom. The molecule has 1 saturated heterocycles. The average Bonchev–Trinajstić information content (AvgIpc) is 3.06. The second-order valence-electron chi connectivity index (χ2n) is 6.48. The van der Waals surface area contributed by atoms with E-state index < -0.39 is 0 Å².